The Morgan fingerprint density at radius 3 is 2.33 bits per heavy atom. The van der Waals surface area contributed by atoms with E-state index in [1.807, 2.05) is 42.5 Å². The fraction of sp³-hybridized carbons (Fsp3) is 0.200. The maximum absolute atomic E-state index is 6.08. The first-order chi connectivity index (χ1) is 8.81. The topological polar surface area (TPSA) is 9.23 Å². The molecular formula is C15H14ClIO. The van der Waals surface area contributed by atoms with Crippen molar-refractivity contribution in [3.63, 3.8) is 0 Å². The molecule has 0 fully saturated rings. The standard InChI is InChI=1S/C15H14ClIO/c16-11-10-14(12-6-2-1-3-7-12)18-15-9-5-4-8-13(15)17/h1-9,14H,10-11H2. The van der Waals surface area contributed by atoms with Crippen LogP contribution in [0.4, 0.5) is 0 Å². The summed E-state index contributed by atoms with van der Waals surface area (Å²) in [5, 5.41) is 0. The van der Waals surface area contributed by atoms with Crippen molar-refractivity contribution in [1.82, 2.24) is 0 Å². The third-order valence-electron chi connectivity index (χ3n) is 2.65. The van der Waals surface area contributed by atoms with Crippen molar-refractivity contribution in [3.05, 3.63) is 63.7 Å². The fourth-order valence-corrected chi connectivity index (χ4v) is 2.47. The molecule has 0 saturated heterocycles. The van der Waals surface area contributed by atoms with Crippen LogP contribution in [0.3, 0.4) is 0 Å². The van der Waals surface area contributed by atoms with Crippen molar-refractivity contribution in [2.24, 2.45) is 0 Å². The van der Waals surface area contributed by atoms with Crippen molar-refractivity contribution in [2.75, 3.05) is 5.88 Å². The van der Waals surface area contributed by atoms with Crippen molar-refractivity contribution < 1.29 is 4.74 Å². The molecule has 0 N–H and O–H groups in total. The van der Waals surface area contributed by atoms with E-state index in [1.165, 1.54) is 0 Å². The molecule has 1 atom stereocenters. The molecule has 0 radical (unpaired) electrons. The Labute approximate surface area is 126 Å². The largest absolute Gasteiger partial charge is 0.485 e. The number of ether oxygens (including phenoxy) is 1. The van der Waals surface area contributed by atoms with Gasteiger partial charge in [0.15, 0.2) is 0 Å². The maximum atomic E-state index is 6.08. The zero-order chi connectivity index (χ0) is 12.8. The van der Waals surface area contributed by atoms with Gasteiger partial charge in [-0.15, -0.1) is 11.6 Å². The van der Waals surface area contributed by atoms with Crippen LogP contribution >= 0.6 is 34.2 Å². The van der Waals surface area contributed by atoms with Crippen LogP contribution in [0.5, 0.6) is 5.75 Å². The van der Waals surface area contributed by atoms with Crippen LogP contribution in [0.2, 0.25) is 0 Å². The molecule has 0 amide bonds. The Morgan fingerprint density at radius 2 is 1.67 bits per heavy atom. The van der Waals surface area contributed by atoms with E-state index in [1.54, 1.807) is 0 Å². The van der Waals surface area contributed by atoms with Crippen LogP contribution in [0.15, 0.2) is 54.6 Å². The van der Waals surface area contributed by atoms with Crippen LogP contribution < -0.4 is 4.74 Å². The molecule has 1 unspecified atom stereocenters. The number of alkyl halides is 1. The molecule has 94 valence electrons. The van der Waals surface area contributed by atoms with E-state index < -0.39 is 0 Å². The lowest BCUT2D eigenvalue weighted by molar-refractivity contribution is 0.201. The molecule has 2 aromatic rings. The Bertz CT molecular complexity index is 487. The monoisotopic (exact) mass is 372 g/mol. The van der Waals surface area contributed by atoms with E-state index in [0.717, 1.165) is 21.3 Å². The summed E-state index contributed by atoms with van der Waals surface area (Å²) in [5.74, 6) is 1.50. The second-order valence-corrected chi connectivity index (χ2v) is 5.47. The number of halogens is 2. The van der Waals surface area contributed by atoms with Crippen molar-refractivity contribution in [2.45, 2.75) is 12.5 Å². The number of para-hydroxylation sites is 1. The molecule has 1 nitrogen and oxygen atoms in total. The summed E-state index contributed by atoms with van der Waals surface area (Å²) < 4.78 is 7.20. The lowest BCUT2D eigenvalue weighted by Gasteiger charge is -2.19. The average Bonchev–Trinajstić information content (AvgIpc) is 2.42. The van der Waals surface area contributed by atoms with E-state index in [4.69, 9.17) is 16.3 Å². The summed E-state index contributed by atoms with van der Waals surface area (Å²) in [6, 6.07) is 18.2. The quantitative estimate of drug-likeness (QED) is 0.528. The molecule has 0 aromatic heterocycles. The minimum Gasteiger partial charge on any atom is -0.485 e. The van der Waals surface area contributed by atoms with Crippen LogP contribution in [0, 0.1) is 3.57 Å². The minimum absolute atomic E-state index is 0.0135. The highest BCUT2D eigenvalue weighted by molar-refractivity contribution is 14.1. The summed E-state index contributed by atoms with van der Waals surface area (Å²) in [6.07, 6.45) is 0.816. The molecule has 0 aliphatic rings. The smallest absolute Gasteiger partial charge is 0.133 e. The lowest BCUT2D eigenvalue weighted by atomic mass is 10.1. The molecule has 18 heavy (non-hydrogen) atoms. The Kier molecular flexibility index (Phi) is 5.32. The predicted molar refractivity (Wildman–Crippen MR) is 84.3 cm³/mol. The van der Waals surface area contributed by atoms with Gasteiger partial charge in [0.2, 0.25) is 0 Å². The molecule has 0 saturated carbocycles. The van der Waals surface area contributed by atoms with Crippen molar-refractivity contribution in [1.29, 1.82) is 0 Å². The highest BCUT2D eigenvalue weighted by atomic mass is 127. The van der Waals surface area contributed by atoms with Gasteiger partial charge in [-0.1, -0.05) is 42.5 Å². The Morgan fingerprint density at radius 1 is 1.00 bits per heavy atom. The van der Waals surface area contributed by atoms with Gasteiger partial charge in [-0.2, -0.15) is 0 Å². The maximum Gasteiger partial charge on any atom is 0.133 e. The van der Waals surface area contributed by atoms with E-state index >= 15 is 0 Å². The third kappa shape index (κ3) is 3.62. The first kappa shape index (κ1) is 13.7. The van der Waals surface area contributed by atoms with Crippen LogP contribution in [0.25, 0.3) is 0 Å². The first-order valence-electron chi connectivity index (χ1n) is 5.83. The van der Waals surface area contributed by atoms with Crippen molar-refractivity contribution >= 4 is 34.2 Å². The molecule has 2 aromatic carbocycles. The summed E-state index contributed by atoms with van der Waals surface area (Å²) in [5.41, 5.74) is 1.16. The highest BCUT2D eigenvalue weighted by Crippen LogP contribution is 2.28. The molecule has 0 heterocycles. The molecular weight excluding hydrogens is 359 g/mol. The first-order valence-corrected chi connectivity index (χ1v) is 7.44. The summed E-state index contributed by atoms with van der Waals surface area (Å²) in [4.78, 5) is 0. The second-order valence-electron chi connectivity index (χ2n) is 3.93. The molecule has 2 rings (SSSR count). The number of hydrogen-bond acceptors (Lipinski definition) is 1. The molecule has 0 spiro atoms. The third-order valence-corrected chi connectivity index (χ3v) is 3.76. The van der Waals surface area contributed by atoms with Gasteiger partial charge >= 0.3 is 0 Å². The predicted octanol–water partition coefficient (Wildman–Crippen LogP) is 5.04. The van der Waals surface area contributed by atoms with Crippen LogP contribution in [-0.4, -0.2) is 5.88 Å². The van der Waals surface area contributed by atoms with Crippen LogP contribution in [0.1, 0.15) is 18.1 Å². The van der Waals surface area contributed by atoms with Gasteiger partial charge in [-0.05, 0) is 40.3 Å². The number of benzene rings is 2. The van der Waals surface area contributed by atoms with Crippen LogP contribution in [-0.2, 0) is 0 Å². The molecule has 0 aliphatic carbocycles. The zero-order valence-corrected chi connectivity index (χ0v) is 12.8. The number of rotatable bonds is 5. The van der Waals surface area contributed by atoms with E-state index in [9.17, 15) is 0 Å². The zero-order valence-electron chi connectivity index (χ0n) is 9.85. The van der Waals surface area contributed by atoms with E-state index in [-0.39, 0.29) is 6.10 Å². The number of hydrogen-bond donors (Lipinski definition) is 0. The van der Waals surface area contributed by atoms with Gasteiger partial charge in [-0.3, -0.25) is 0 Å². The van der Waals surface area contributed by atoms with E-state index in [2.05, 4.69) is 34.7 Å². The summed E-state index contributed by atoms with van der Waals surface area (Å²) in [7, 11) is 0. The summed E-state index contributed by atoms with van der Waals surface area (Å²) >= 11 is 8.15. The molecule has 0 bridgehead atoms. The highest BCUT2D eigenvalue weighted by Gasteiger charge is 2.13. The van der Waals surface area contributed by atoms with Crippen molar-refractivity contribution in [3.8, 4) is 5.75 Å². The van der Waals surface area contributed by atoms with Gasteiger partial charge < -0.3 is 4.74 Å². The average molecular weight is 373 g/mol. The Hall–Kier alpha value is -0.740. The molecule has 3 heteroatoms. The normalized spacial score (nSPS) is 12.1. The van der Waals surface area contributed by atoms with E-state index in [0.29, 0.717) is 5.88 Å². The van der Waals surface area contributed by atoms with Gasteiger partial charge in [0.25, 0.3) is 0 Å². The molecule has 0 aliphatic heterocycles. The van der Waals surface area contributed by atoms with Gasteiger partial charge in [0, 0.05) is 12.3 Å². The van der Waals surface area contributed by atoms with Gasteiger partial charge in [-0.25, -0.2) is 0 Å². The minimum atomic E-state index is 0.0135. The van der Waals surface area contributed by atoms with Gasteiger partial charge in [0.1, 0.15) is 11.9 Å². The second kappa shape index (κ2) is 7.00. The fourth-order valence-electron chi connectivity index (χ4n) is 1.75. The Balaban J connectivity index is 2.19. The van der Waals surface area contributed by atoms with Gasteiger partial charge in [0.05, 0.1) is 3.57 Å². The SMILES string of the molecule is ClCCC(Oc1ccccc1I)c1ccccc1. The lowest BCUT2D eigenvalue weighted by Crippen LogP contribution is -2.09. The summed E-state index contributed by atoms with van der Waals surface area (Å²) in [6.45, 7) is 0.